The molecule has 0 aliphatic rings. The van der Waals surface area contributed by atoms with Crippen molar-refractivity contribution in [3.8, 4) is 5.75 Å². The minimum atomic E-state index is -0.616. The highest BCUT2D eigenvalue weighted by Gasteiger charge is 2.18. The summed E-state index contributed by atoms with van der Waals surface area (Å²) in [6, 6.07) is 18.1. The van der Waals surface area contributed by atoms with E-state index in [1.807, 2.05) is 36.4 Å². The Hall–Kier alpha value is -2.75. The van der Waals surface area contributed by atoms with Crippen LogP contribution in [0.4, 0.5) is 0 Å². The number of methoxy groups -OCH3 is 1. The summed E-state index contributed by atoms with van der Waals surface area (Å²) in [5.74, 6) is -0.119. The topological polar surface area (TPSA) is 61.5 Å². The largest absolute Gasteiger partial charge is 0.463 e. The predicted octanol–water partition coefficient (Wildman–Crippen LogP) is 2.57. The van der Waals surface area contributed by atoms with Gasteiger partial charge in [0, 0.05) is 5.56 Å². The lowest BCUT2D eigenvalue weighted by Crippen LogP contribution is -2.16. The smallest absolute Gasteiger partial charge is 0.376 e. The molecule has 0 aromatic heterocycles. The van der Waals surface area contributed by atoms with Gasteiger partial charge in [0.1, 0.15) is 5.75 Å². The molecule has 4 nitrogen and oxygen atoms in total. The van der Waals surface area contributed by atoms with Crippen LogP contribution in [-0.2, 0) is 9.53 Å². The second kappa shape index (κ2) is 6.43. The first-order valence-corrected chi connectivity index (χ1v) is 6.08. The van der Waals surface area contributed by atoms with Gasteiger partial charge in [-0.1, -0.05) is 48.5 Å². The van der Waals surface area contributed by atoms with Crippen molar-refractivity contribution in [2.75, 3.05) is 7.11 Å². The summed E-state index contributed by atoms with van der Waals surface area (Å²) in [7, 11) is 1.29. The standard InChI is InChI=1S/C16H15NO3/c1-19-16(18)15(20-13-10-6-3-7-11-13)14(17)12-8-4-2-5-9-12/h2-11H,17H2,1H3. The summed E-state index contributed by atoms with van der Waals surface area (Å²) < 4.78 is 10.3. The monoisotopic (exact) mass is 269 g/mol. The molecule has 0 saturated carbocycles. The maximum atomic E-state index is 11.8. The van der Waals surface area contributed by atoms with Gasteiger partial charge in [0.25, 0.3) is 0 Å². The maximum absolute atomic E-state index is 11.8. The van der Waals surface area contributed by atoms with Gasteiger partial charge in [-0.05, 0) is 12.1 Å². The Kier molecular flexibility index (Phi) is 4.39. The average molecular weight is 269 g/mol. The van der Waals surface area contributed by atoms with E-state index < -0.39 is 5.97 Å². The highest BCUT2D eigenvalue weighted by Crippen LogP contribution is 2.19. The third kappa shape index (κ3) is 3.17. The van der Waals surface area contributed by atoms with E-state index in [0.29, 0.717) is 11.3 Å². The number of ether oxygens (including phenoxy) is 2. The summed E-state index contributed by atoms with van der Waals surface area (Å²) in [6.45, 7) is 0. The third-order valence-corrected chi connectivity index (χ3v) is 2.66. The van der Waals surface area contributed by atoms with Gasteiger partial charge in [-0.2, -0.15) is 0 Å². The molecule has 0 fully saturated rings. The molecule has 0 bridgehead atoms. The van der Waals surface area contributed by atoms with Crippen LogP contribution in [0, 0.1) is 0 Å². The number of esters is 1. The van der Waals surface area contributed by atoms with Crippen molar-refractivity contribution in [2.24, 2.45) is 5.73 Å². The van der Waals surface area contributed by atoms with Crippen LogP contribution in [0.3, 0.4) is 0 Å². The molecular weight excluding hydrogens is 254 g/mol. The summed E-state index contributed by atoms with van der Waals surface area (Å²) >= 11 is 0. The van der Waals surface area contributed by atoms with E-state index in [2.05, 4.69) is 0 Å². The van der Waals surface area contributed by atoms with Gasteiger partial charge < -0.3 is 15.2 Å². The zero-order chi connectivity index (χ0) is 14.4. The van der Waals surface area contributed by atoms with Crippen molar-refractivity contribution in [1.29, 1.82) is 0 Å². The SMILES string of the molecule is COC(=O)C(Oc1ccccc1)=C(N)c1ccccc1. The Morgan fingerprint density at radius 1 is 0.950 bits per heavy atom. The fourth-order valence-corrected chi connectivity index (χ4v) is 1.65. The lowest BCUT2D eigenvalue weighted by Gasteiger charge is -2.11. The Morgan fingerprint density at radius 2 is 1.50 bits per heavy atom. The fourth-order valence-electron chi connectivity index (χ4n) is 1.65. The molecule has 2 rings (SSSR count). The Bertz CT molecular complexity index is 606. The van der Waals surface area contributed by atoms with Crippen molar-refractivity contribution < 1.29 is 14.3 Å². The highest BCUT2D eigenvalue weighted by molar-refractivity contribution is 5.95. The highest BCUT2D eigenvalue weighted by atomic mass is 16.6. The van der Waals surface area contributed by atoms with E-state index in [1.54, 1.807) is 24.3 Å². The zero-order valence-corrected chi connectivity index (χ0v) is 11.1. The quantitative estimate of drug-likeness (QED) is 0.526. The first kappa shape index (κ1) is 13.7. The van der Waals surface area contributed by atoms with Crippen LogP contribution in [0.2, 0.25) is 0 Å². The number of carbonyl (C=O) groups is 1. The minimum absolute atomic E-state index is 0.0232. The van der Waals surface area contributed by atoms with E-state index in [0.717, 1.165) is 0 Å². The van der Waals surface area contributed by atoms with Crippen LogP contribution in [0.1, 0.15) is 5.56 Å². The van der Waals surface area contributed by atoms with Gasteiger partial charge in [0.05, 0.1) is 12.8 Å². The second-order valence-electron chi connectivity index (χ2n) is 4.02. The summed E-state index contributed by atoms with van der Waals surface area (Å²) in [5, 5.41) is 0. The van der Waals surface area contributed by atoms with Crippen LogP contribution in [0.5, 0.6) is 5.75 Å². The van der Waals surface area contributed by atoms with Gasteiger partial charge in [-0.3, -0.25) is 0 Å². The Labute approximate surface area is 117 Å². The lowest BCUT2D eigenvalue weighted by molar-refractivity contribution is -0.138. The number of nitrogens with two attached hydrogens (primary N) is 1. The number of carbonyl (C=O) groups excluding carboxylic acids is 1. The summed E-state index contributed by atoms with van der Waals surface area (Å²) in [4.78, 5) is 11.8. The average Bonchev–Trinajstić information content (AvgIpc) is 2.53. The normalized spacial score (nSPS) is 11.4. The number of hydrogen-bond acceptors (Lipinski definition) is 4. The van der Waals surface area contributed by atoms with Crippen LogP contribution in [0.25, 0.3) is 5.70 Å². The maximum Gasteiger partial charge on any atom is 0.376 e. The molecule has 102 valence electrons. The molecule has 0 saturated heterocycles. The summed E-state index contributed by atoms with van der Waals surface area (Å²) in [5.41, 5.74) is 6.95. The van der Waals surface area contributed by atoms with Gasteiger partial charge in [-0.25, -0.2) is 4.79 Å². The first-order valence-electron chi connectivity index (χ1n) is 6.08. The van der Waals surface area contributed by atoms with Gasteiger partial charge in [0.2, 0.25) is 5.76 Å². The van der Waals surface area contributed by atoms with E-state index in [4.69, 9.17) is 15.2 Å². The first-order chi connectivity index (χ1) is 9.72. The molecule has 0 unspecified atom stereocenters. The number of benzene rings is 2. The Balaban J connectivity index is 2.40. The molecule has 0 radical (unpaired) electrons. The lowest BCUT2D eigenvalue weighted by atomic mass is 10.1. The van der Waals surface area contributed by atoms with Crippen molar-refractivity contribution in [2.45, 2.75) is 0 Å². The second-order valence-corrected chi connectivity index (χ2v) is 4.02. The van der Waals surface area contributed by atoms with Crippen LogP contribution in [0.15, 0.2) is 66.4 Å². The van der Waals surface area contributed by atoms with E-state index in [-0.39, 0.29) is 11.5 Å². The van der Waals surface area contributed by atoms with Gasteiger partial charge in [0.15, 0.2) is 0 Å². The summed E-state index contributed by atoms with van der Waals surface area (Å²) in [6.07, 6.45) is 0. The van der Waals surface area contributed by atoms with E-state index in [1.165, 1.54) is 7.11 Å². The van der Waals surface area contributed by atoms with Gasteiger partial charge >= 0.3 is 5.97 Å². The van der Waals surface area contributed by atoms with Crippen molar-refractivity contribution in [3.63, 3.8) is 0 Å². The fraction of sp³-hybridized carbons (Fsp3) is 0.0625. The molecule has 20 heavy (non-hydrogen) atoms. The van der Waals surface area contributed by atoms with E-state index >= 15 is 0 Å². The van der Waals surface area contributed by atoms with Crippen molar-refractivity contribution >= 4 is 11.7 Å². The molecule has 2 aromatic carbocycles. The number of hydrogen-bond donors (Lipinski definition) is 1. The molecular formula is C16H15NO3. The molecule has 0 spiro atoms. The molecule has 4 heteroatoms. The third-order valence-electron chi connectivity index (χ3n) is 2.66. The molecule has 0 heterocycles. The van der Waals surface area contributed by atoms with E-state index in [9.17, 15) is 4.79 Å². The Morgan fingerprint density at radius 3 is 2.05 bits per heavy atom. The molecule has 0 aliphatic carbocycles. The molecule has 0 aliphatic heterocycles. The zero-order valence-electron chi connectivity index (χ0n) is 11.1. The molecule has 2 aromatic rings. The van der Waals surface area contributed by atoms with Crippen molar-refractivity contribution in [1.82, 2.24) is 0 Å². The predicted molar refractivity (Wildman–Crippen MR) is 76.6 cm³/mol. The molecule has 0 amide bonds. The van der Waals surface area contributed by atoms with Crippen LogP contribution in [-0.4, -0.2) is 13.1 Å². The number of rotatable bonds is 4. The molecule has 2 N–H and O–H groups in total. The van der Waals surface area contributed by atoms with Crippen molar-refractivity contribution in [3.05, 3.63) is 72.0 Å². The molecule has 0 atom stereocenters. The van der Waals surface area contributed by atoms with Crippen LogP contribution < -0.4 is 10.5 Å². The number of para-hydroxylation sites is 1. The van der Waals surface area contributed by atoms with Gasteiger partial charge in [-0.15, -0.1) is 0 Å². The van der Waals surface area contributed by atoms with Crippen LogP contribution >= 0.6 is 0 Å². The minimum Gasteiger partial charge on any atom is -0.463 e.